The largest absolute Gasteiger partial charge is 0.417 e. The molecular weight excluding hydrogens is 605 g/mol. The van der Waals surface area contributed by atoms with Gasteiger partial charge >= 0.3 is 6.09 Å². The molecule has 4 aromatic rings. The summed E-state index contributed by atoms with van der Waals surface area (Å²) < 4.78 is 8.74. The van der Waals surface area contributed by atoms with Crippen molar-refractivity contribution in [2.75, 3.05) is 10.6 Å². The Labute approximate surface area is 263 Å². The summed E-state index contributed by atoms with van der Waals surface area (Å²) in [7, 11) is 0. The maximum absolute atomic E-state index is 12.6. The van der Waals surface area contributed by atoms with Gasteiger partial charge in [-0.2, -0.15) is 0 Å². The minimum atomic E-state index is -0.708. The van der Waals surface area contributed by atoms with E-state index in [-0.39, 0.29) is 23.0 Å². The Hall–Kier alpha value is -4.04. The van der Waals surface area contributed by atoms with Crippen molar-refractivity contribution in [3.05, 3.63) is 83.0 Å². The summed E-state index contributed by atoms with van der Waals surface area (Å²) in [6.45, 7) is 10.3. The van der Waals surface area contributed by atoms with Crippen molar-refractivity contribution < 1.29 is 14.5 Å². The van der Waals surface area contributed by atoms with Gasteiger partial charge in [-0.05, 0) is 107 Å². The van der Waals surface area contributed by atoms with Gasteiger partial charge in [0, 0.05) is 57.3 Å². The SMILES string of the molecule is CC(C)NC(=S)Nc1ccc(-c2ncc(-c3ccc(NC(=O)Oc4ccc([N+](=O)[O-])cc4)cc3SNC(C)(C)C)s2)cc1. The number of nitro benzene ring substituents is 1. The summed E-state index contributed by atoms with van der Waals surface area (Å²) in [6, 6.07) is 19.1. The third-order valence-corrected chi connectivity index (χ3v) is 8.11. The molecule has 13 heteroatoms. The van der Waals surface area contributed by atoms with E-state index in [1.54, 1.807) is 17.4 Å². The highest BCUT2D eigenvalue weighted by Crippen LogP contribution is 2.39. The lowest BCUT2D eigenvalue weighted by molar-refractivity contribution is -0.384. The molecule has 0 atom stereocenters. The fourth-order valence-corrected chi connectivity index (χ4v) is 5.91. The summed E-state index contributed by atoms with van der Waals surface area (Å²) in [5.74, 6) is 0.194. The first-order chi connectivity index (χ1) is 20.4. The molecular formula is C30H32N6O4S3. The molecule has 0 saturated heterocycles. The number of thiocarbonyl (C=S) groups is 1. The lowest BCUT2D eigenvalue weighted by Gasteiger charge is -2.21. The van der Waals surface area contributed by atoms with E-state index in [9.17, 15) is 14.9 Å². The van der Waals surface area contributed by atoms with Crippen LogP contribution >= 0.6 is 35.5 Å². The van der Waals surface area contributed by atoms with Gasteiger partial charge in [0.25, 0.3) is 5.69 Å². The second-order valence-corrected chi connectivity index (χ2v) is 13.1. The lowest BCUT2D eigenvalue weighted by Crippen LogP contribution is -2.33. The summed E-state index contributed by atoms with van der Waals surface area (Å²) in [5, 5.41) is 21.4. The zero-order valence-corrected chi connectivity index (χ0v) is 26.7. The fraction of sp³-hybridized carbons (Fsp3) is 0.233. The number of nitrogens with one attached hydrogen (secondary N) is 4. The van der Waals surface area contributed by atoms with Gasteiger partial charge in [0.05, 0.1) is 9.80 Å². The summed E-state index contributed by atoms with van der Waals surface area (Å²) >= 11 is 8.37. The number of hydrogen-bond acceptors (Lipinski definition) is 9. The molecule has 0 aliphatic heterocycles. The van der Waals surface area contributed by atoms with Crippen LogP contribution in [0, 0.1) is 10.1 Å². The topological polar surface area (TPSA) is 130 Å². The van der Waals surface area contributed by atoms with Crippen LogP contribution in [0.4, 0.5) is 21.9 Å². The highest BCUT2D eigenvalue weighted by Gasteiger charge is 2.17. The average molecular weight is 637 g/mol. The van der Waals surface area contributed by atoms with Crippen molar-refractivity contribution in [2.24, 2.45) is 0 Å². The third-order valence-electron chi connectivity index (χ3n) is 5.53. The average Bonchev–Trinajstić information content (AvgIpc) is 3.42. The van der Waals surface area contributed by atoms with Crippen LogP contribution in [0.3, 0.4) is 0 Å². The number of benzene rings is 3. The molecule has 10 nitrogen and oxygen atoms in total. The van der Waals surface area contributed by atoms with Crippen LogP contribution in [0.15, 0.2) is 77.8 Å². The van der Waals surface area contributed by atoms with E-state index < -0.39 is 11.0 Å². The molecule has 0 radical (unpaired) electrons. The molecule has 1 aromatic heterocycles. The predicted molar refractivity (Wildman–Crippen MR) is 179 cm³/mol. The second kappa shape index (κ2) is 14.0. The van der Waals surface area contributed by atoms with E-state index >= 15 is 0 Å². The van der Waals surface area contributed by atoms with Gasteiger partial charge in [-0.1, -0.05) is 6.07 Å². The number of aromatic nitrogens is 1. The van der Waals surface area contributed by atoms with Gasteiger partial charge in [-0.25, -0.2) is 9.78 Å². The van der Waals surface area contributed by atoms with Crippen molar-refractivity contribution >= 4 is 63.8 Å². The number of nitro groups is 1. The molecule has 0 aliphatic carbocycles. The van der Waals surface area contributed by atoms with Crippen molar-refractivity contribution in [1.82, 2.24) is 15.0 Å². The number of non-ortho nitro benzene ring substituents is 1. The number of thiazole rings is 1. The smallest absolute Gasteiger partial charge is 0.410 e. The summed E-state index contributed by atoms with van der Waals surface area (Å²) in [5.41, 5.74) is 3.12. The first-order valence-electron chi connectivity index (χ1n) is 13.3. The van der Waals surface area contributed by atoms with Crippen molar-refractivity contribution in [2.45, 2.75) is 51.1 Å². The molecule has 1 amide bonds. The van der Waals surface area contributed by atoms with Crippen LogP contribution in [0.5, 0.6) is 5.75 Å². The summed E-state index contributed by atoms with van der Waals surface area (Å²) in [6.07, 6.45) is 1.14. The molecule has 0 aliphatic rings. The van der Waals surface area contributed by atoms with E-state index in [0.717, 1.165) is 31.6 Å². The zero-order valence-electron chi connectivity index (χ0n) is 24.3. The number of carbonyl (C=O) groups excluding carboxylic acids is 1. The van der Waals surface area contributed by atoms with Gasteiger partial charge in [0.1, 0.15) is 10.8 Å². The van der Waals surface area contributed by atoms with E-state index in [1.807, 2.05) is 56.4 Å². The molecule has 0 unspecified atom stereocenters. The van der Waals surface area contributed by atoms with Gasteiger partial charge < -0.3 is 15.4 Å². The molecule has 3 aromatic carbocycles. The molecule has 0 saturated carbocycles. The molecule has 0 fully saturated rings. The van der Waals surface area contributed by atoms with Crippen molar-refractivity contribution in [1.29, 1.82) is 0 Å². The highest BCUT2D eigenvalue weighted by atomic mass is 32.2. The zero-order chi connectivity index (χ0) is 31.1. The number of anilines is 2. The van der Waals surface area contributed by atoms with Crippen LogP contribution in [0.2, 0.25) is 0 Å². The Morgan fingerprint density at radius 1 is 1.02 bits per heavy atom. The fourth-order valence-electron chi connectivity index (χ4n) is 3.64. The quantitative estimate of drug-likeness (QED) is 0.0619. The normalized spacial score (nSPS) is 11.2. The molecule has 4 rings (SSSR count). The van der Waals surface area contributed by atoms with E-state index in [4.69, 9.17) is 17.0 Å². The van der Waals surface area contributed by atoms with Crippen molar-refractivity contribution in [3.63, 3.8) is 0 Å². The Balaban J connectivity index is 1.51. The Morgan fingerprint density at radius 3 is 2.33 bits per heavy atom. The standard InChI is InChI=1S/C30H32N6O4S3/c1-18(2)32-28(41)33-20-8-6-19(7-9-20)27-31-17-26(42-27)24-15-10-21(16-25(24)43-35-30(3,4)5)34-29(37)40-23-13-11-22(12-14-23)36(38)39/h6-18,35H,1-5H3,(H,34,37)(H2,32,33,41). The first-order valence-corrected chi connectivity index (χ1v) is 15.4. The number of ether oxygens (including phenoxy) is 1. The first kappa shape index (κ1) is 31.9. The predicted octanol–water partition coefficient (Wildman–Crippen LogP) is 8.09. The van der Waals surface area contributed by atoms with Crippen LogP contribution < -0.4 is 25.4 Å². The van der Waals surface area contributed by atoms with E-state index in [2.05, 4.69) is 46.4 Å². The number of carbonyl (C=O) groups is 1. The lowest BCUT2D eigenvalue weighted by atomic mass is 10.1. The van der Waals surface area contributed by atoms with Gasteiger partial charge in [-0.3, -0.25) is 20.2 Å². The molecule has 224 valence electrons. The second-order valence-electron chi connectivity index (χ2n) is 10.8. The maximum atomic E-state index is 12.6. The van der Waals surface area contributed by atoms with Crippen LogP contribution in [-0.2, 0) is 0 Å². The Kier molecular flexibility index (Phi) is 10.3. The van der Waals surface area contributed by atoms with Crippen LogP contribution in [0.25, 0.3) is 21.0 Å². The molecule has 4 N–H and O–H groups in total. The Bertz CT molecular complexity index is 1600. The van der Waals surface area contributed by atoms with Gasteiger partial charge in [0.2, 0.25) is 0 Å². The highest BCUT2D eigenvalue weighted by molar-refractivity contribution is 7.97. The molecule has 43 heavy (non-hydrogen) atoms. The van der Waals surface area contributed by atoms with Crippen LogP contribution in [0.1, 0.15) is 34.6 Å². The van der Waals surface area contributed by atoms with E-state index in [0.29, 0.717) is 10.8 Å². The number of hydrogen-bond donors (Lipinski definition) is 4. The van der Waals surface area contributed by atoms with E-state index in [1.165, 1.54) is 36.2 Å². The van der Waals surface area contributed by atoms with Crippen molar-refractivity contribution in [3.8, 4) is 26.8 Å². The third kappa shape index (κ3) is 9.48. The minimum Gasteiger partial charge on any atom is -0.410 e. The monoisotopic (exact) mass is 636 g/mol. The number of nitrogens with zero attached hydrogens (tertiary/aromatic N) is 2. The minimum absolute atomic E-state index is 0.0871. The number of amides is 1. The molecule has 1 heterocycles. The molecule has 0 bridgehead atoms. The van der Waals surface area contributed by atoms with Gasteiger partial charge in [-0.15, -0.1) is 11.3 Å². The molecule has 0 spiro atoms. The maximum Gasteiger partial charge on any atom is 0.417 e. The summed E-state index contributed by atoms with van der Waals surface area (Å²) in [4.78, 5) is 29.4. The Morgan fingerprint density at radius 2 is 1.70 bits per heavy atom. The van der Waals surface area contributed by atoms with Gasteiger partial charge in [0.15, 0.2) is 5.11 Å². The van der Waals surface area contributed by atoms with Crippen LogP contribution in [-0.4, -0.2) is 32.7 Å². The number of rotatable bonds is 9.